The van der Waals surface area contributed by atoms with Crippen molar-refractivity contribution in [3.63, 3.8) is 0 Å². The first kappa shape index (κ1) is 8.24. The molecule has 2 saturated heterocycles. The molecule has 0 bridgehead atoms. The highest BCUT2D eigenvalue weighted by molar-refractivity contribution is 5.75. The third kappa shape index (κ3) is 0.717. The summed E-state index contributed by atoms with van der Waals surface area (Å²) in [7, 11) is 2.12. The van der Waals surface area contributed by atoms with E-state index in [1.165, 1.54) is 19.3 Å². The lowest BCUT2D eigenvalue weighted by molar-refractivity contribution is -0.939. The molecule has 0 N–H and O–H groups in total. The zero-order valence-corrected chi connectivity index (χ0v) is 8.26. The highest BCUT2D eigenvalue weighted by Gasteiger charge is 2.61. The number of piperidine rings is 1. The summed E-state index contributed by atoms with van der Waals surface area (Å²) < 4.78 is 0.715. The summed E-state index contributed by atoms with van der Waals surface area (Å²) in [6, 6.07) is 0.640. The van der Waals surface area contributed by atoms with Crippen LogP contribution in [-0.2, 0) is 4.79 Å². The zero-order valence-electron chi connectivity index (χ0n) is 8.26. The van der Waals surface area contributed by atoms with Crippen LogP contribution in [0.1, 0.15) is 39.5 Å². The molecular weight excluding hydrogens is 150 g/mol. The largest absolute Gasteiger partial charge is 0.320 e. The van der Waals surface area contributed by atoms with Gasteiger partial charge in [0, 0.05) is 12.8 Å². The number of quaternary nitrogens is 1. The number of carbonyl (C=O) groups excluding carboxylic acids is 1. The molecule has 0 saturated carbocycles. The Labute approximate surface area is 74.1 Å². The highest BCUT2D eigenvalue weighted by atomic mass is 16.2. The Morgan fingerprint density at radius 2 is 2.17 bits per heavy atom. The fourth-order valence-electron chi connectivity index (χ4n) is 2.86. The van der Waals surface area contributed by atoms with Crippen LogP contribution in [0.2, 0.25) is 0 Å². The minimum atomic E-state index is 0.193. The molecule has 1 amide bonds. The number of fused-ring (bicyclic) bond motifs is 1. The van der Waals surface area contributed by atoms with Crippen LogP contribution < -0.4 is 0 Å². The lowest BCUT2D eigenvalue weighted by atomic mass is 9.76. The molecule has 0 spiro atoms. The van der Waals surface area contributed by atoms with E-state index in [1.54, 1.807) is 0 Å². The fourth-order valence-corrected chi connectivity index (χ4v) is 2.86. The molecule has 0 aromatic heterocycles. The topological polar surface area (TPSA) is 17.1 Å². The van der Waals surface area contributed by atoms with Crippen LogP contribution in [0.4, 0.5) is 0 Å². The fraction of sp³-hybridized carbons (Fsp3) is 0.900. The molecule has 2 aliphatic rings. The maximum Gasteiger partial charge on any atom is 0.320 e. The normalized spacial score (nSPS) is 44.9. The lowest BCUT2D eigenvalue weighted by Crippen LogP contribution is -2.76. The summed E-state index contributed by atoms with van der Waals surface area (Å²) in [4.78, 5) is 11.6. The first-order chi connectivity index (χ1) is 5.48. The van der Waals surface area contributed by atoms with E-state index in [-0.39, 0.29) is 5.54 Å². The summed E-state index contributed by atoms with van der Waals surface area (Å²) >= 11 is 0. The van der Waals surface area contributed by atoms with E-state index in [4.69, 9.17) is 0 Å². The summed E-state index contributed by atoms with van der Waals surface area (Å²) in [5, 5.41) is 0. The number of hydrogen-bond donors (Lipinski definition) is 0. The van der Waals surface area contributed by atoms with Gasteiger partial charge >= 0.3 is 5.91 Å². The Kier molecular flexibility index (Phi) is 1.45. The number of nitrogens with zero attached hydrogens (tertiary/aromatic N) is 1. The number of β-lactam (4-membered cyclic amide) rings is 1. The van der Waals surface area contributed by atoms with Gasteiger partial charge in [0.2, 0.25) is 0 Å². The van der Waals surface area contributed by atoms with Gasteiger partial charge in [-0.05, 0) is 20.3 Å². The van der Waals surface area contributed by atoms with Crippen molar-refractivity contribution >= 4 is 5.91 Å². The SMILES string of the molecule is CC1(C)CCCC2CC(=O)[N+]21C. The minimum Gasteiger partial charge on any atom is -0.255 e. The zero-order chi connectivity index (χ0) is 8.98. The number of amides is 1. The van der Waals surface area contributed by atoms with Gasteiger partial charge < -0.3 is 0 Å². The van der Waals surface area contributed by atoms with E-state index >= 15 is 0 Å². The van der Waals surface area contributed by atoms with Gasteiger partial charge in [-0.2, -0.15) is 0 Å². The third-order valence-electron chi connectivity index (χ3n) is 4.24. The van der Waals surface area contributed by atoms with Gasteiger partial charge in [0.15, 0.2) is 0 Å². The van der Waals surface area contributed by atoms with E-state index in [2.05, 4.69) is 20.9 Å². The maximum atomic E-state index is 11.6. The Balaban J connectivity index is 2.33. The van der Waals surface area contributed by atoms with Crippen LogP contribution >= 0.6 is 0 Å². The van der Waals surface area contributed by atoms with Gasteiger partial charge in [-0.15, -0.1) is 0 Å². The predicted octanol–water partition coefficient (Wildman–Crippen LogP) is 1.69. The van der Waals surface area contributed by atoms with E-state index < -0.39 is 0 Å². The van der Waals surface area contributed by atoms with Crippen molar-refractivity contribution in [3.8, 4) is 0 Å². The Bertz CT molecular complexity index is 234. The second-order valence-electron chi connectivity index (χ2n) is 5.03. The first-order valence-corrected chi connectivity index (χ1v) is 4.88. The van der Waals surface area contributed by atoms with E-state index in [0.717, 1.165) is 6.42 Å². The summed E-state index contributed by atoms with van der Waals surface area (Å²) in [6.07, 6.45) is 4.59. The van der Waals surface area contributed by atoms with Gasteiger partial charge in [-0.3, -0.25) is 4.48 Å². The average Bonchev–Trinajstić information content (AvgIpc) is 1.99. The molecule has 0 aliphatic carbocycles. The molecule has 2 heterocycles. The molecule has 12 heavy (non-hydrogen) atoms. The maximum absolute atomic E-state index is 11.6. The standard InChI is InChI=1S/C10H18NO/c1-10(2)6-4-5-8-7-9(12)11(8,10)3/h8H,4-7H2,1-3H3/q+1. The third-order valence-corrected chi connectivity index (χ3v) is 4.24. The molecule has 2 fully saturated rings. The molecule has 2 nitrogen and oxygen atoms in total. The quantitative estimate of drug-likeness (QED) is 0.397. The Morgan fingerprint density at radius 3 is 2.58 bits per heavy atom. The molecule has 2 atom stereocenters. The molecule has 0 radical (unpaired) electrons. The number of rotatable bonds is 0. The van der Waals surface area contributed by atoms with Crippen LogP contribution in [0.3, 0.4) is 0 Å². The van der Waals surface area contributed by atoms with Crippen LogP contribution in [0, 0.1) is 0 Å². The monoisotopic (exact) mass is 168 g/mol. The second-order valence-corrected chi connectivity index (χ2v) is 5.03. The molecule has 0 aromatic rings. The molecule has 0 aromatic carbocycles. The van der Waals surface area contributed by atoms with Crippen LogP contribution in [0.15, 0.2) is 0 Å². The molecule has 68 valence electrons. The van der Waals surface area contributed by atoms with E-state index in [1.807, 2.05) is 0 Å². The van der Waals surface area contributed by atoms with Gasteiger partial charge in [-0.1, -0.05) is 0 Å². The first-order valence-electron chi connectivity index (χ1n) is 4.88. The lowest BCUT2D eigenvalue weighted by Gasteiger charge is -2.58. The summed E-state index contributed by atoms with van der Waals surface area (Å²) in [5.74, 6) is 0.449. The highest BCUT2D eigenvalue weighted by Crippen LogP contribution is 2.45. The van der Waals surface area contributed by atoms with E-state index in [0.29, 0.717) is 16.4 Å². The van der Waals surface area contributed by atoms with Gasteiger partial charge in [0.1, 0.15) is 18.0 Å². The Morgan fingerprint density at radius 1 is 1.50 bits per heavy atom. The van der Waals surface area contributed by atoms with Crippen molar-refractivity contribution < 1.29 is 9.28 Å². The van der Waals surface area contributed by atoms with Crippen molar-refractivity contribution in [2.75, 3.05) is 7.05 Å². The van der Waals surface area contributed by atoms with Crippen LogP contribution in [-0.4, -0.2) is 29.0 Å². The van der Waals surface area contributed by atoms with Crippen molar-refractivity contribution in [1.82, 2.24) is 0 Å². The second kappa shape index (κ2) is 2.11. The minimum absolute atomic E-state index is 0.193. The van der Waals surface area contributed by atoms with Crippen molar-refractivity contribution in [2.24, 2.45) is 0 Å². The van der Waals surface area contributed by atoms with Crippen molar-refractivity contribution in [2.45, 2.75) is 51.1 Å². The molecular formula is C10H18NO+. The Hall–Kier alpha value is -0.370. The average molecular weight is 168 g/mol. The van der Waals surface area contributed by atoms with Crippen molar-refractivity contribution in [3.05, 3.63) is 0 Å². The van der Waals surface area contributed by atoms with Crippen LogP contribution in [0.5, 0.6) is 0 Å². The molecule has 2 unspecified atom stereocenters. The molecule has 2 heteroatoms. The van der Waals surface area contributed by atoms with Gasteiger partial charge in [-0.25, -0.2) is 4.79 Å². The van der Waals surface area contributed by atoms with Crippen molar-refractivity contribution in [1.29, 1.82) is 0 Å². The van der Waals surface area contributed by atoms with Gasteiger partial charge in [0.25, 0.3) is 0 Å². The smallest absolute Gasteiger partial charge is 0.255 e. The number of carbonyl (C=O) groups is 1. The summed E-state index contributed by atoms with van der Waals surface area (Å²) in [6.45, 7) is 4.46. The molecule has 2 rings (SSSR count). The summed E-state index contributed by atoms with van der Waals surface area (Å²) in [5.41, 5.74) is 0.193. The molecule has 2 aliphatic heterocycles. The number of hydrogen-bond acceptors (Lipinski definition) is 1. The van der Waals surface area contributed by atoms with Crippen LogP contribution in [0.25, 0.3) is 0 Å². The van der Waals surface area contributed by atoms with E-state index in [9.17, 15) is 4.79 Å². The van der Waals surface area contributed by atoms with Gasteiger partial charge in [0.05, 0.1) is 7.05 Å². The predicted molar refractivity (Wildman–Crippen MR) is 47.5 cm³/mol.